The first kappa shape index (κ1) is 20.8. The Kier molecular flexibility index (Phi) is 5.30. The number of fused-ring (bicyclic) bond motifs is 2. The number of hydrogen-bond donors (Lipinski definition) is 1. The lowest BCUT2D eigenvalue weighted by Gasteiger charge is -2.28. The van der Waals surface area contributed by atoms with Gasteiger partial charge in [-0.2, -0.15) is 0 Å². The summed E-state index contributed by atoms with van der Waals surface area (Å²) in [5.74, 6) is 0.826. The van der Waals surface area contributed by atoms with Gasteiger partial charge in [0.25, 0.3) is 15.9 Å². The van der Waals surface area contributed by atoms with E-state index in [0.29, 0.717) is 54.6 Å². The lowest BCUT2D eigenvalue weighted by atomic mass is 10.0. The summed E-state index contributed by atoms with van der Waals surface area (Å²) in [7, 11) is -3.88. The van der Waals surface area contributed by atoms with Crippen LogP contribution in [0.25, 0.3) is 0 Å². The normalized spacial score (nSPS) is 15.2. The van der Waals surface area contributed by atoms with Crippen molar-refractivity contribution in [1.82, 2.24) is 4.90 Å². The molecule has 0 bridgehead atoms. The van der Waals surface area contributed by atoms with E-state index in [1.807, 2.05) is 4.90 Å². The predicted molar refractivity (Wildman–Crippen MR) is 122 cm³/mol. The number of ether oxygens (including phenoxy) is 2. The van der Waals surface area contributed by atoms with E-state index in [-0.39, 0.29) is 10.8 Å². The summed E-state index contributed by atoms with van der Waals surface area (Å²) in [4.78, 5) is 16.4. The van der Waals surface area contributed by atoms with Gasteiger partial charge in [-0.15, -0.1) is 11.3 Å². The summed E-state index contributed by atoms with van der Waals surface area (Å²) in [6.07, 6.45) is 0.841. The minimum Gasteiger partial charge on any atom is -0.486 e. The summed E-state index contributed by atoms with van der Waals surface area (Å²) in [6.45, 7) is 3.79. The van der Waals surface area contributed by atoms with Crippen LogP contribution in [-0.2, 0) is 23.0 Å². The average Bonchev–Trinajstić information content (AvgIpc) is 3.27. The number of anilines is 1. The Morgan fingerprint density at radius 3 is 2.75 bits per heavy atom. The first-order chi connectivity index (χ1) is 15.4. The molecule has 1 amide bonds. The number of benzene rings is 2. The van der Waals surface area contributed by atoms with Crippen molar-refractivity contribution in [1.29, 1.82) is 0 Å². The molecule has 0 fully saturated rings. The van der Waals surface area contributed by atoms with E-state index in [1.54, 1.807) is 42.5 Å². The molecule has 166 valence electrons. The Balaban J connectivity index is 1.39. The molecule has 32 heavy (non-hydrogen) atoms. The molecule has 0 radical (unpaired) electrons. The van der Waals surface area contributed by atoms with Gasteiger partial charge in [0, 0.05) is 29.6 Å². The fraction of sp³-hybridized carbons (Fsp3) is 0.261. The van der Waals surface area contributed by atoms with Crippen molar-refractivity contribution in [2.45, 2.75) is 24.8 Å². The van der Waals surface area contributed by atoms with Crippen molar-refractivity contribution in [3.05, 3.63) is 69.4 Å². The number of thiophene rings is 1. The van der Waals surface area contributed by atoms with Crippen LogP contribution in [0.4, 0.5) is 5.69 Å². The molecular formula is C23H22N2O5S2. The minimum absolute atomic E-state index is 0.0684. The van der Waals surface area contributed by atoms with Crippen LogP contribution < -0.4 is 14.2 Å². The number of amides is 1. The molecule has 2 aliphatic rings. The van der Waals surface area contributed by atoms with Crippen LogP contribution in [0, 0.1) is 6.92 Å². The molecule has 5 rings (SSSR count). The maximum Gasteiger partial charge on any atom is 0.262 e. The molecule has 0 saturated heterocycles. The summed E-state index contributed by atoms with van der Waals surface area (Å²) in [6, 6.07) is 11.7. The van der Waals surface area contributed by atoms with Gasteiger partial charge in [0.1, 0.15) is 13.2 Å². The van der Waals surface area contributed by atoms with E-state index >= 15 is 0 Å². The molecule has 9 heteroatoms. The van der Waals surface area contributed by atoms with Crippen molar-refractivity contribution in [3.63, 3.8) is 0 Å². The minimum atomic E-state index is -3.88. The Morgan fingerprint density at radius 2 is 1.91 bits per heavy atom. The van der Waals surface area contributed by atoms with Gasteiger partial charge in [0.05, 0.1) is 10.6 Å². The maximum atomic E-state index is 13.2. The number of sulfonamides is 1. The average molecular weight is 471 g/mol. The second-order valence-electron chi connectivity index (χ2n) is 7.73. The molecule has 1 aromatic heterocycles. The molecule has 3 aromatic rings. The molecule has 7 nitrogen and oxygen atoms in total. The smallest absolute Gasteiger partial charge is 0.262 e. The van der Waals surface area contributed by atoms with Gasteiger partial charge < -0.3 is 14.4 Å². The van der Waals surface area contributed by atoms with Gasteiger partial charge in [-0.1, -0.05) is 6.07 Å². The first-order valence-electron chi connectivity index (χ1n) is 10.3. The number of rotatable bonds is 4. The zero-order valence-corrected chi connectivity index (χ0v) is 19.1. The van der Waals surface area contributed by atoms with E-state index in [9.17, 15) is 13.2 Å². The van der Waals surface area contributed by atoms with Gasteiger partial charge in [0.15, 0.2) is 11.5 Å². The third kappa shape index (κ3) is 3.82. The van der Waals surface area contributed by atoms with Crippen molar-refractivity contribution in [2.24, 2.45) is 0 Å². The Hall–Kier alpha value is -3.04. The molecule has 0 unspecified atom stereocenters. The highest BCUT2D eigenvalue weighted by Gasteiger charge is 2.25. The highest BCUT2D eigenvalue weighted by Crippen LogP contribution is 2.33. The van der Waals surface area contributed by atoms with E-state index in [4.69, 9.17) is 9.47 Å². The predicted octanol–water partition coefficient (Wildman–Crippen LogP) is 3.83. The summed E-state index contributed by atoms with van der Waals surface area (Å²) in [5.41, 5.74) is 2.64. The van der Waals surface area contributed by atoms with Crippen LogP contribution >= 0.6 is 11.3 Å². The van der Waals surface area contributed by atoms with Crippen LogP contribution in [0.1, 0.15) is 26.4 Å². The zero-order valence-electron chi connectivity index (χ0n) is 17.5. The fourth-order valence-electron chi connectivity index (χ4n) is 3.96. The number of nitrogens with zero attached hydrogens (tertiary/aromatic N) is 1. The van der Waals surface area contributed by atoms with Crippen molar-refractivity contribution < 1.29 is 22.7 Å². The topological polar surface area (TPSA) is 84.9 Å². The monoisotopic (exact) mass is 470 g/mol. The highest BCUT2D eigenvalue weighted by molar-refractivity contribution is 7.92. The highest BCUT2D eigenvalue weighted by atomic mass is 32.2. The molecule has 0 spiro atoms. The Labute approximate surface area is 190 Å². The third-order valence-electron chi connectivity index (χ3n) is 5.73. The molecule has 1 N–H and O–H groups in total. The molecule has 3 heterocycles. The maximum absolute atomic E-state index is 13.2. The van der Waals surface area contributed by atoms with Crippen LogP contribution in [0.15, 0.2) is 52.7 Å². The lowest BCUT2D eigenvalue weighted by molar-refractivity contribution is 0.0735. The molecule has 2 aliphatic heterocycles. The molecule has 0 atom stereocenters. The lowest BCUT2D eigenvalue weighted by Crippen LogP contribution is -2.35. The van der Waals surface area contributed by atoms with E-state index in [2.05, 4.69) is 16.2 Å². The van der Waals surface area contributed by atoms with Crippen molar-refractivity contribution in [2.75, 3.05) is 24.5 Å². The van der Waals surface area contributed by atoms with Gasteiger partial charge >= 0.3 is 0 Å². The van der Waals surface area contributed by atoms with Crippen LogP contribution in [0.3, 0.4) is 0 Å². The van der Waals surface area contributed by atoms with Gasteiger partial charge in [-0.05, 0) is 60.2 Å². The van der Waals surface area contributed by atoms with E-state index < -0.39 is 10.0 Å². The molecule has 0 saturated carbocycles. The van der Waals surface area contributed by atoms with Crippen LogP contribution in [-0.4, -0.2) is 39.0 Å². The zero-order chi connectivity index (χ0) is 22.3. The van der Waals surface area contributed by atoms with Gasteiger partial charge in [-0.25, -0.2) is 8.42 Å². The fourth-order valence-corrected chi connectivity index (χ4v) is 5.99. The number of carbonyl (C=O) groups is 1. The summed E-state index contributed by atoms with van der Waals surface area (Å²) < 4.78 is 39.6. The second-order valence-corrected chi connectivity index (χ2v) is 10.4. The van der Waals surface area contributed by atoms with Crippen LogP contribution in [0.5, 0.6) is 11.5 Å². The summed E-state index contributed by atoms with van der Waals surface area (Å²) >= 11 is 1.72. The quantitative estimate of drug-likeness (QED) is 0.627. The number of carbonyl (C=O) groups excluding carboxylic acids is 1. The molecule has 2 aromatic carbocycles. The van der Waals surface area contributed by atoms with Crippen LogP contribution in [0.2, 0.25) is 0 Å². The standard InChI is InChI=1S/C23H22N2O5S2/c1-15-18(23(26)25-9-7-22-16(14-25)8-12-31-22)3-2-4-19(15)24-32(27,28)17-5-6-20-21(13-17)30-11-10-29-20/h2-6,8,12-13,24H,7,9-11,14H2,1H3. The first-order valence-corrected chi connectivity index (χ1v) is 12.7. The number of nitrogens with one attached hydrogen (secondary N) is 1. The van der Waals surface area contributed by atoms with E-state index in [1.165, 1.54) is 22.6 Å². The second kappa shape index (κ2) is 8.14. The molecular weight excluding hydrogens is 448 g/mol. The largest absolute Gasteiger partial charge is 0.486 e. The van der Waals surface area contributed by atoms with Crippen molar-refractivity contribution >= 4 is 33.0 Å². The van der Waals surface area contributed by atoms with Gasteiger partial charge in [-0.3, -0.25) is 9.52 Å². The SMILES string of the molecule is Cc1c(NS(=O)(=O)c2ccc3c(c2)OCCO3)cccc1C(=O)N1CCc2sccc2C1. The molecule has 0 aliphatic carbocycles. The number of hydrogen-bond acceptors (Lipinski definition) is 6. The Bertz CT molecular complexity index is 1300. The van der Waals surface area contributed by atoms with E-state index in [0.717, 1.165) is 6.42 Å². The van der Waals surface area contributed by atoms with Gasteiger partial charge in [0.2, 0.25) is 0 Å². The third-order valence-corrected chi connectivity index (χ3v) is 8.11. The Morgan fingerprint density at radius 1 is 1.09 bits per heavy atom. The van der Waals surface area contributed by atoms with Crippen molar-refractivity contribution in [3.8, 4) is 11.5 Å². The summed E-state index contributed by atoms with van der Waals surface area (Å²) in [5, 5.41) is 2.05.